The van der Waals surface area contributed by atoms with Gasteiger partial charge in [-0.15, -0.1) is 0 Å². The third kappa shape index (κ3) is 3.06. The van der Waals surface area contributed by atoms with E-state index in [1.807, 2.05) is 36.4 Å². The maximum absolute atomic E-state index is 6.20. The Hall–Kier alpha value is -3.14. The van der Waals surface area contributed by atoms with Gasteiger partial charge in [0.25, 0.3) is 0 Å². The summed E-state index contributed by atoms with van der Waals surface area (Å²) in [5.74, 6) is 1.65. The molecule has 0 bridgehead atoms. The minimum atomic E-state index is 0.608. The van der Waals surface area contributed by atoms with E-state index in [1.165, 1.54) is 0 Å². The molecule has 4 rings (SSSR count). The molecule has 4 heteroatoms. The summed E-state index contributed by atoms with van der Waals surface area (Å²) in [7, 11) is 0. The van der Waals surface area contributed by atoms with Crippen molar-refractivity contribution in [2.45, 2.75) is 19.8 Å². The minimum Gasteiger partial charge on any atom is -0.437 e. The summed E-state index contributed by atoms with van der Waals surface area (Å²) < 4.78 is 6.20. The van der Waals surface area contributed by atoms with Gasteiger partial charge >= 0.3 is 0 Å². The van der Waals surface area contributed by atoms with Crippen LogP contribution in [0.5, 0.6) is 0 Å². The number of aromatic nitrogens is 2. The van der Waals surface area contributed by atoms with Crippen molar-refractivity contribution in [2.24, 2.45) is 0 Å². The van der Waals surface area contributed by atoms with E-state index in [0.29, 0.717) is 5.71 Å². The smallest absolute Gasteiger partial charge is 0.232 e. The SMILES string of the molecule is CCCCNc1ncnc2oc(-c3ccccc3)c(-c3ccccc3)c12. The number of hydrogen-bond acceptors (Lipinski definition) is 4. The van der Waals surface area contributed by atoms with Gasteiger partial charge in [-0.1, -0.05) is 74.0 Å². The van der Waals surface area contributed by atoms with Crippen molar-refractivity contribution in [3.63, 3.8) is 0 Å². The molecule has 2 aromatic carbocycles. The molecule has 4 aromatic rings. The molecule has 0 spiro atoms. The Labute approximate surface area is 152 Å². The molecular weight excluding hydrogens is 322 g/mol. The summed E-state index contributed by atoms with van der Waals surface area (Å²) in [6.45, 7) is 3.06. The molecule has 0 saturated carbocycles. The van der Waals surface area contributed by atoms with Crippen molar-refractivity contribution in [2.75, 3.05) is 11.9 Å². The van der Waals surface area contributed by atoms with Crippen LogP contribution in [0.2, 0.25) is 0 Å². The molecule has 4 nitrogen and oxygen atoms in total. The van der Waals surface area contributed by atoms with E-state index < -0.39 is 0 Å². The maximum atomic E-state index is 6.20. The van der Waals surface area contributed by atoms with Gasteiger partial charge in [0, 0.05) is 17.7 Å². The first-order valence-electron chi connectivity index (χ1n) is 9.00. The molecule has 0 fully saturated rings. The van der Waals surface area contributed by atoms with Gasteiger partial charge < -0.3 is 9.73 Å². The van der Waals surface area contributed by atoms with Gasteiger partial charge in [-0.2, -0.15) is 0 Å². The molecule has 0 saturated heterocycles. The predicted molar refractivity (Wildman–Crippen MR) is 106 cm³/mol. The fourth-order valence-corrected chi connectivity index (χ4v) is 3.12. The number of nitrogens with one attached hydrogen (secondary N) is 1. The lowest BCUT2D eigenvalue weighted by Gasteiger charge is -2.08. The van der Waals surface area contributed by atoms with Gasteiger partial charge in [0.05, 0.1) is 5.39 Å². The van der Waals surface area contributed by atoms with Crippen molar-refractivity contribution in [1.29, 1.82) is 0 Å². The Kier molecular flexibility index (Phi) is 4.65. The second-order valence-corrected chi connectivity index (χ2v) is 6.22. The average Bonchev–Trinajstić information content (AvgIpc) is 3.10. The van der Waals surface area contributed by atoms with E-state index in [1.54, 1.807) is 6.33 Å². The lowest BCUT2D eigenvalue weighted by Crippen LogP contribution is -2.03. The van der Waals surface area contributed by atoms with Crippen LogP contribution in [0.15, 0.2) is 71.4 Å². The molecule has 0 aliphatic carbocycles. The first-order valence-corrected chi connectivity index (χ1v) is 9.00. The Balaban J connectivity index is 1.96. The molecule has 0 radical (unpaired) electrons. The molecule has 26 heavy (non-hydrogen) atoms. The van der Waals surface area contributed by atoms with Crippen molar-refractivity contribution >= 4 is 16.9 Å². The number of unbranched alkanes of at least 4 members (excludes halogenated alkanes) is 1. The zero-order chi connectivity index (χ0) is 17.8. The van der Waals surface area contributed by atoms with Gasteiger partial charge in [-0.05, 0) is 12.0 Å². The van der Waals surface area contributed by atoms with Crippen LogP contribution in [0.3, 0.4) is 0 Å². The summed E-state index contributed by atoms with van der Waals surface area (Å²) in [6, 6.07) is 20.4. The van der Waals surface area contributed by atoms with E-state index in [0.717, 1.165) is 53.0 Å². The highest BCUT2D eigenvalue weighted by atomic mass is 16.3. The number of nitrogens with zero attached hydrogens (tertiary/aromatic N) is 2. The van der Waals surface area contributed by atoms with Gasteiger partial charge in [0.2, 0.25) is 5.71 Å². The number of furan rings is 1. The second kappa shape index (κ2) is 7.40. The normalized spacial score (nSPS) is 11.0. The first-order chi connectivity index (χ1) is 12.9. The van der Waals surface area contributed by atoms with E-state index >= 15 is 0 Å². The Morgan fingerprint density at radius 1 is 0.885 bits per heavy atom. The topological polar surface area (TPSA) is 51.0 Å². The van der Waals surface area contributed by atoms with E-state index in [4.69, 9.17) is 4.42 Å². The van der Waals surface area contributed by atoms with Crippen LogP contribution in [-0.4, -0.2) is 16.5 Å². The monoisotopic (exact) mass is 343 g/mol. The molecule has 0 aliphatic rings. The molecule has 0 atom stereocenters. The molecule has 0 aliphatic heterocycles. The Bertz CT molecular complexity index is 994. The van der Waals surface area contributed by atoms with Crippen molar-refractivity contribution in [3.8, 4) is 22.5 Å². The average molecular weight is 343 g/mol. The number of benzene rings is 2. The fraction of sp³-hybridized carbons (Fsp3) is 0.182. The number of anilines is 1. The molecule has 1 N–H and O–H groups in total. The van der Waals surface area contributed by atoms with Crippen LogP contribution < -0.4 is 5.32 Å². The van der Waals surface area contributed by atoms with Gasteiger partial charge in [0.15, 0.2) is 0 Å². The van der Waals surface area contributed by atoms with Crippen LogP contribution in [0, 0.1) is 0 Å². The molecular formula is C22H21N3O. The van der Waals surface area contributed by atoms with Gasteiger partial charge in [-0.25, -0.2) is 9.97 Å². The fourth-order valence-electron chi connectivity index (χ4n) is 3.12. The highest BCUT2D eigenvalue weighted by Gasteiger charge is 2.21. The third-order valence-corrected chi connectivity index (χ3v) is 4.41. The number of rotatable bonds is 6. The van der Waals surface area contributed by atoms with E-state index in [9.17, 15) is 0 Å². The van der Waals surface area contributed by atoms with E-state index in [2.05, 4.69) is 46.5 Å². The van der Waals surface area contributed by atoms with Crippen LogP contribution >= 0.6 is 0 Å². The summed E-state index contributed by atoms with van der Waals surface area (Å²) in [6.07, 6.45) is 3.78. The number of hydrogen-bond donors (Lipinski definition) is 1. The number of fused-ring (bicyclic) bond motifs is 1. The largest absolute Gasteiger partial charge is 0.437 e. The summed E-state index contributed by atoms with van der Waals surface area (Å²) in [4.78, 5) is 8.87. The molecule has 0 unspecified atom stereocenters. The lowest BCUT2D eigenvalue weighted by atomic mass is 9.99. The highest BCUT2D eigenvalue weighted by molar-refractivity contribution is 6.05. The van der Waals surface area contributed by atoms with Crippen LogP contribution in [-0.2, 0) is 0 Å². The molecule has 2 aromatic heterocycles. The highest BCUT2D eigenvalue weighted by Crippen LogP contribution is 2.42. The summed E-state index contributed by atoms with van der Waals surface area (Å²) >= 11 is 0. The first kappa shape index (κ1) is 16.3. The quantitative estimate of drug-likeness (QED) is 0.452. The van der Waals surface area contributed by atoms with Crippen LogP contribution in [0.25, 0.3) is 33.6 Å². The predicted octanol–water partition coefficient (Wildman–Crippen LogP) is 5.77. The molecule has 0 amide bonds. The second-order valence-electron chi connectivity index (χ2n) is 6.22. The van der Waals surface area contributed by atoms with Gasteiger partial charge in [0.1, 0.15) is 17.9 Å². The zero-order valence-corrected chi connectivity index (χ0v) is 14.8. The summed E-state index contributed by atoms with van der Waals surface area (Å²) in [5.41, 5.74) is 3.77. The standard InChI is InChI=1S/C22H21N3O/c1-2-3-14-23-21-19-18(16-10-6-4-7-11-16)20(17-12-8-5-9-13-17)26-22(19)25-15-24-21/h4-13,15H,2-3,14H2,1H3,(H,23,24,25). The van der Waals surface area contributed by atoms with Crippen LogP contribution in [0.1, 0.15) is 19.8 Å². The maximum Gasteiger partial charge on any atom is 0.232 e. The minimum absolute atomic E-state index is 0.608. The third-order valence-electron chi connectivity index (χ3n) is 4.41. The Morgan fingerprint density at radius 2 is 1.58 bits per heavy atom. The summed E-state index contributed by atoms with van der Waals surface area (Å²) in [5, 5.41) is 4.39. The van der Waals surface area contributed by atoms with Crippen molar-refractivity contribution in [3.05, 3.63) is 67.0 Å². The lowest BCUT2D eigenvalue weighted by molar-refractivity contribution is 0.618. The van der Waals surface area contributed by atoms with Crippen LogP contribution in [0.4, 0.5) is 5.82 Å². The molecule has 2 heterocycles. The molecule has 130 valence electrons. The van der Waals surface area contributed by atoms with Crippen molar-refractivity contribution in [1.82, 2.24) is 9.97 Å². The zero-order valence-electron chi connectivity index (χ0n) is 14.8. The van der Waals surface area contributed by atoms with Crippen molar-refractivity contribution < 1.29 is 4.42 Å². The van der Waals surface area contributed by atoms with E-state index in [-0.39, 0.29) is 0 Å². The Morgan fingerprint density at radius 3 is 2.27 bits per heavy atom. The van der Waals surface area contributed by atoms with Gasteiger partial charge in [-0.3, -0.25) is 0 Å².